The number of hydrogen-bond acceptors (Lipinski definition) is 11. The zero-order valence-electron chi connectivity index (χ0n) is 26.5. The number of aromatic nitrogens is 1. The lowest BCUT2D eigenvalue weighted by molar-refractivity contribution is 0.0135. The molecule has 1 fully saturated rings. The van der Waals surface area contributed by atoms with Crippen LogP contribution in [0.25, 0.3) is 0 Å². The second kappa shape index (κ2) is 11.7. The van der Waals surface area contributed by atoms with E-state index in [1.54, 1.807) is 47.6 Å². The lowest BCUT2D eigenvalue weighted by Gasteiger charge is -2.49. The third-order valence-electron chi connectivity index (χ3n) is 7.02. The van der Waals surface area contributed by atoms with Gasteiger partial charge in [-0.1, -0.05) is 0 Å². The van der Waals surface area contributed by atoms with Crippen molar-refractivity contribution in [3.05, 3.63) is 53.6 Å². The lowest BCUT2D eigenvalue weighted by atomic mass is 9.91. The first kappa shape index (κ1) is 33.8. The number of hydrogen-bond donors (Lipinski definition) is 2. The van der Waals surface area contributed by atoms with Gasteiger partial charge in [0.1, 0.15) is 39.8 Å². The number of halogens is 1. The Labute approximate surface area is 261 Å². The van der Waals surface area contributed by atoms with Gasteiger partial charge in [0.25, 0.3) is 5.91 Å². The molecule has 2 N–H and O–H groups in total. The van der Waals surface area contributed by atoms with E-state index in [4.69, 9.17) is 14.2 Å². The van der Waals surface area contributed by atoms with Crippen molar-refractivity contribution >= 4 is 39.5 Å². The summed E-state index contributed by atoms with van der Waals surface area (Å²) in [4.78, 5) is 49.2. The Morgan fingerprint density at radius 3 is 2.07 bits per heavy atom. The van der Waals surface area contributed by atoms with Crippen LogP contribution in [-0.4, -0.2) is 84.1 Å². The van der Waals surface area contributed by atoms with Crippen LogP contribution in [0.15, 0.2) is 41.5 Å². The van der Waals surface area contributed by atoms with Crippen molar-refractivity contribution < 1.29 is 41.4 Å². The summed E-state index contributed by atoms with van der Waals surface area (Å²) in [5, 5.41) is 5.52. The number of rotatable bonds is 4. The molecule has 244 valence electrons. The van der Waals surface area contributed by atoms with Crippen molar-refractivity contribution in [2.24, 2.45) is 4.99 Å². The highest BCUT2D eigenvalue weighted by Gasteiger charge is 2.62. The van der Waals surface area contributed by atoms with Crippen LogP contribution < -0.4 is 15.4 Å². The maximum atomic E-state index is 15.6. The third-order valence-corrected chi connectivity index (χ3v) is 9.62. The fourth-order valence-corrected chi connectivity index (χ4v) is 7.14. The second-order valence-electron chi connectivity index (χ2n) is 13.1. The molecule has 3 amide bonds. The first-order valence-corrected chi connectivity index (χ1v) is 15.8. The van der Waals surface area contributed by atoms with Crippen molar-refractivity contribution in [2.75, 3.05) is 31.3 Å². The van der Waals surface area contributed by atoms with Gasteiger partial charge < -0.3 is 24.8 Å². The topological polar surface area (TPSA) is 166 Å². The molecule has 13 nitrogen and oxygen atoms in total. The molecule has 1 spiro atoms. The molecule has 0 bridgehead atoms. The SMILES string of the molecule is COc1ccc(C(=O)Nc2ccc(F)c(C3(C)CS(=O)(=O)C4(CNC4)C(N(C(=O)OC(C)(C)C)C(=O)OC(C)(C)C)=N3)c2)nc1. The second-order valence-corrected chi connectivity index (χ2v) is 15.4. The summed E-state index contributed by atoms with van der Waals surface area (Å²) >= 11 is 0. The summed E-state index contributed by atoms with van der Waals surface area (Å²) in [6.45, 7) is 10.6. The number of aliphatic imine (C=N–C) groups is 1. The van der Waals surface area contributed by atoms with Gasteiger partial charge in [0.2, 0.25) is 0 Å². The van der Waals surface area contributed by atoms with E-state index in [2.05, 4.69) is 20.6 Å². The lowest BCUT2D eigenvalue weighted by Crippen LogP contribution is -2.75. The van der Waals surface area contributed by atoms with Gasteiger partial charge in [0.05, 0.1) is 19.1 Å². The Morgan fingerprint density at radius 1 is 1.00 bits per heavy atom. The average Bonchev–Trinajstić information content (AvgIpc) is 2.86. The Bertz CT molecular complexity index is 1620. The van der Waals surface area contributed by atoms with Crippen molar-refractivity contribution in [2.45, 2.75) is 70.0 Å². The predicted molar refractivity (Wildman–Crippen MR) is 164 cm³/mol. The van der Waals surface area contributed by atoms with Gasteiger partial charge in [-0.05, 0) is 78.8 Å². The van der Waals surface area contributed by atoms with Crippen LogP contribution in [-0.2, 0) is 24.8 Å². The van der Waals surface area contributed by atoms with Crippen LogP contribution in [0.4, 0.5) is 19.7 Å². The van der Waals surface area contributed by atoms with E-state index in [-0.39, 0.29) is 30.0 Å². The number of nitrogens with one attached hydrogen (secondary N) is 2. The Balaban J connectivity index is 1.84. The molecule has 1 saturated heterocycles. The van der Waals surface area contributed by atoms with Gasteiger partial charge in [0, 0.05) is 24.3 Å². The maximum Gasteiger partial charge on any atom is 0.425 e. The molecule has 2 aliphatic rings. The number of benzene rings is 1. The van der Waals surface area contributed by atoms with Crippen LogP contribution in [0.1, 0.15) is 64.5 Å². The molecule has 1 aromatic heterocycles. The van der Waals surface area contributed by atoms with Crippen molar-refractivity contribution in [3.8, 4) is 5.75 Å². The molecular formula is C30H38FN5O8S. The first-order chi connectivity index (χ1) is 20.7. The summed E-state index contributed by atoms with van der Waals surface area (Å²) in [6.07, 6.45) is -1.04. The number of ether oxygens (including phenoxy) is 3. The van der Waals surface area contributed by atoms with Gasteiger partial charge >= 0.3 is 12.2 Å². The quantitative estimate of drug-likeness (QED) is 0.495. The highest BCUT2D eigenvalue weighted by molar-refractivity contribution is 7.93. The molecule has 15 heteroatoms. The number of amides is 3. The smallest absolute Gasteiger partial charge is 0.425 e. The molecule has 0 saturated carbocycles. The Morgan fingerprint density at radius 2 is 1.60 bits per heavy atom. The first-order valence-electron chi connectivity index (χ1n) is 14.1. The van der Waals surface area contributed by atoms with Crippen molar-refractivity contribution in [1.82, 2.24) is 15.2 Å². The largest absolute Gasteiger partial charge is 0.495 e. The van der Waals surface area contributed by atoms with E-state index in [9.17, 15) is 22.8 Å². The molecule has 0 radical (unpaired) electrons. The summed E-state index contributed by atoms with van der Waals surface area (Å²) in [6, 6.07) is 6.62. The van der Waals surface area contributed by atoms with Gasteiger partial charge in [-0.3, -0.25) is 9.79 Å². The summed E-state index contributed by atoms with van der Waals surface area (Å²) in [5.41, 5.74) is -4.00. The number of carbonyl (C=O) groups is 3. The van der Waals surface area contributed by atoms with Gasteiger partial charge in [0.15, 0.2) is 14.6 Å². The van der Waals surface area contributed by atoms with Crippen molar-refractivity contribution in [1.29, 1.82) is 0 Å². The molecule has 0 aliphatic carbocycles. The number of nitrogens with zero attached hydrogens (tertiary/aromatic N) is 3. The van der Waals surface area contributed by atoms with Gasteiger partial charge in [-0.25, -0.2) is 27.4 Å². The highest BCUT2D eigenvalue weighted by atomic mass is 32.2. The van der Waals surface area contributed by atoms with Crippen LogP contribution in [0.3, 0.4) is 0 Å². The van der Waals surface area contributed by atoms with Crippen LogP contribution in [0.5, 0.6) is 5.75 Å². The summed E-state index contributed by atoms with van der Waals surface area (Å²) < 4.78 is 57.9. The molecule has 1 atom stereocenters. The minimum atomic E-state index is -4.22. The van der Waals surface area contributed by atoms with E-state index in [1.807, 2.05) is 0 Å². The number of imide groups is 1. The number of pyridine rings is 1. The molecule has 4 rings (SSSR count). The molecule has 2 aliphatic heterocycles. The number of anilines is 1. The molecule has 3 heterocycles. The summed E-state index contributed by atoms with van der Waals surface area (Å²) in [7, 11) is -2.76. The van der Waals surface area contributed by atoms with Crippen molar-refractivity contribution in [3.63, 3.8) is 0 Å². The zero-order chi connectivity index (χ0) is 33.6. The van der Waals surface area contributed by atoms with E-state index in [0.717, 1.165) is 6.07 Å². The fraction of sp³-hybridized carbons (Fsp3) is 0.500. The number of methoxy groups -OCH3 is 1. The molecule has 1 aromatic carbocycles. The molecular weight excluding hydrogens is 609 g/mol. The van der Waals surface area contributed by atoms with Gasteiger partial charge in [-0.15, -0.1) is 0 Å². The standard InChI is InChI=1S/C30H38FN5O8S/c1-27(2,3)43-25(38)36(26(39)44-28(4,5)6)24-30(15-32-16-30)45(40,41)17-29(7,35-24)20-13-18(9-11-21(20)31)34-23(37)22-12-10-19(42-8)14-33-22/h9-14,32H,15-17H2,1-8H3,(H,34,37). The van der Waals surface area contributed by atoms with E-state index >= 15 is 4.39 Å². The number of amidine groups is 1. The molecule has 2 aromatic rings. The highest BCUT2D eigenvalue weighted by Crippen LogP contribution is 2.42. The fourth-order valence-electron chi connectivity index (χ4n) is 4.85. The minimum absolute atomic E-state index is 0.0539. The number of carbonyl (C=O) groups excluding carboxylic acids is 3. The zero-order valence-corrected chi connectivity index (χ0v) is 27.3. The minimum Gasteiger partial charge on any atom is -0.495 e. The van der Waals surface area contributed by atoms with Crippen LogP contribution >= 0.6 is 0 Å². The molecule has 45 heavy (non-hydrogen) atoms. The third kappa shape index (κ3) is 6.93. The Kier molecular flexibility index (Phi) is 8.76. The van der Waals surface area contributed by atoms with E-state index in [0.29, 0.717) is 10.6 Å². The maximum absolute atomic E-state index is 15.6. The number of sulfone groups is 1. The monoisotopic (exact) mass is 647 g/mol. The average molecular weight is 648 g/mol. The van der Waals surface area contributed by atoms with Gasteiger partial charge in [-0.2, -0.15) is 4.90 Å². The van der Waals surface area contributed by atoms with E-state index < -0.39 is 66.8 Å². The summed E-state index contributed by atoms with van der Waals surface area (Å²) in [5.74, 6) is -2.09. The normalized spacial score (nSPS) is 20.3. The van der Waals surface area contributed by atoms with Crippen LogP contribution in [0.2, 0.25) is 0 Å². The Hall–Kier alpha value is -4.11. The van der Waals surface area contributed by atoms with E-state index in [1.165, 1.54) is 38.4 Å². The molecule has 1 unspecified atom stereocenters. The predicted octanol–water partition coefficient (Wildman–Crippen LogP) is 4.04. The van der Waals surface area contributed by atoms with Crippen LogP contribution in [0, 0.1) is 5.82 Å².